The van der Waals surface area contributed by atoms with Crippen LogP contribution in [-0.2, 0) is 19.6 Å². The standard InChI is InChI=1S/C25H25NO4/c1-28-23-13-21(14-24(15-23)29-2)25(27)26-11-10-19-12-22(9-8-20(19)16-26)30-17-18-6-4-3-5-7-18/h3-9,12-15H,10-11,16-17H2,1-2H3. The van der Waals surface area contributed by atoms with Crippen LogP contribution in [0.3, 0.4) is 0 Å². The maximum absolute atomic E-state index is 13.1. The molecule has 1 heterocycles. The van der Waals surface area contributed by atoms with Crippen molar-refractivity contribution in [1.82, 2.24) is 4.90 Å². The summed E-state index contributed by atoms with van der Waals surface area (Å²) >= 11 is 0. The Bertz CT molecular complexity index is 1010. The van der Waals surface area contributed by atoms with Gasteiger partial charge in [0.05, 0.1) is 14.2 Å². The highest BCUT2D eigenvalue weighted by atomic mass is 16.5. The van der Waals surface area contributed by atoms with Crippen molar-refractivity contribution in [2.24, 2.45) is 0 Å². The molecule has 0 bridgehead atoms. The van der Waals surface area contributed by atoms with Gasteiger partial charge < -0.3 is 19.1 Å². The molecule has 0 atom stereocenters. The Labute approximate surface area is 176 Å². The van der Waals surface area contributed by atoms with Crippen molar-refractivity contribution in [3.05, 3.63) is 89.0 Å². The van der Waals surface area contributed by atoms with Gasteiger partial charge in [-0.15, -0.1) is 0 Å². The highest BCUT2D eigenvalue weighted by molar-refractivity contribution is 5.95. The van der Waals surface area contributed by atoms with E-state index in [2.05, 4.69) is 24.3 Å². The van der Waals surface area contributed by atoms with Gasteiger partial charge in [-0.1, -0.05) is 36.4 Å². The zero-order chi connectivity index (χ0) is 20.9. The Hall–Kier alpha value is -3.47. The van der Waals surface area contributed by atoms with Crippen LogP contribution < -0.4 is 14.2 Å². The molecule has 0 saturated heterocycles. The van der Waals surface area contributed by atoms with Crippen molar-refractivity contribution < 1.29 is 19.0 Å². The smallest absolute Gasteiger partial charge is 0.254 e. The van der Waals surface area contributed by atoms with E-state index in [9.17, 15) is 4.79 Å². The summed E-state index contributed by atoms with van der Waals surface area (Å²) < 4.78 is 16.5. The van der Waals surface area contributed by atoms with Crippen LogP contribution in [0.1, 0.15) is 27.0 Å². The van der Waals surface area contributed by atoms with E-state index >= 15 is 0 Å². The number of amides is 1. The van der Waals surface area contributed by atoms with E-state index in [0.29, 0.717) is 36.8 Å². The maximum Gasteiger partial charge on any atom is 0.254 e. The van der Waals surface area contributed by atoms with Gasteiger partial charge in [-0.2, -0.15) is 0 Å². The monoisotopic (exact) mass is 403 g/mol. The van der Waals surface area contributed by atoms with Crippen molar-refractivity contribution in [3.8, 4) is 17.2 Å². The normalized spacial score (nSPS) is 12.8. The van der Waals surface area contributed by atoms with Gasteiger partial charge >= 0.3 is 0 Å². The molecule has 3 aromatic rings. The molecule has 0 N–H and O–H groups in total. The van der Waals surface area contributed by atoms with Crippen LogP contribution >= 0.6 is 0 Å². The van der Waals surface area contributed by atoms with Gasteiger partial charge in [0.2, 0.25) is 0 Å². The molecule has 0 spiro atoms. The molecule has 5 nitrogen and oxygen atoms in total. The van der Waals surface area contributed by atoms with E-state index in [1.54, 1.807) is 32.4 Å². The first kappa shape index (κ1) is 19.8. The molecule has 0 fully saturated rings. The molecular weight excluding hydrogens is 378 g/mol. The number of methoxy groups -OCH3 is 2. The van der Waals surface area contributed by atoms with Gasteiger partial charge in [0.1, 0.15) is 23.9 Å². The SMILES string of the molecule is COc1cc(OC)cc(C(=O)N2CCc3cc(OCc4ccccc4)ccc3C2)c1. The molecule has 1 aliphatic rings. The van der Waals surface area contributed by atoms with Crippen LogP contribution in [0.5, 0.6) is 17.2 Å². The zero-order valence-electron chi connectivity index (χ0n) is 17.3. The Kier molecular flexibility index (Phi) is 5.89. The number of hydrogen-bond acceptors (Lipinski definition) is 4. The van der Waals surface area contributed by atoms with Gasteiger partial charge in [0.15, 0.2) is 0 Å². The summed E-state index contributed by atoms with van der Waals surface area (Å²) in [5.74, 6) is 2.04. The minimum Gasteiger partial charge on any atom is -0.497 e. The summed E-state index contributed by atoms with van der Waals surface area (Å²) in [4.78, 5) is 14.9. The molecule has 5 heteroatoms. The Morgan fingerprint density at radius 1 is 0.867 bits per heavy atom. The maximum atomic E-state index is 13.1. The summed E-state index contributed by atoms with van der Waals surface area (Å²) in [6, 6.07) is 21.5. The Balaban J connectivity index is 1.45. The average molecular weight is 403 g/mol. The Morgan fingerprint density at radius 3 is 2.30 bits per heavy atom. The molecule has 4 rings (SSSR count). The van der Waals surface area contributed by atoms with Crippen molar-refractivity contribution in [2.45, 2.75) is 19.6 Å². The van der Waals surface area contributed by atoms with Crippen LogP contribution in [0.25, 0.3) is 0 Å². The van der Waals surface area contributed by atoms with E-state index < -0.39 is 0 Å². The first-order chi connectivity index (χ1) is 14.7. The third-order valence-corrected chi connectivity index (χ3v) is 5.32. The first-order valence-corrected chi connectivity index (χ1v) is 9.97. The van der Waals surface area contributed by atoms with Crippen LogP contribution in [0.2, 0.25) is 0 Å². The lowest BCUT2D eigenvalue weighted by atomic mass is 9.98. The number of nitrogens with zero attached hydrogens (tertiary/aromatic N) is 1. The number of carbonyl (C=O) groups is 1. The fourth-order valence-electron chi connectivity index (χ4n) is 3.65. The summed E-state index contributed by atoms with van der Waals surface area (Å²) in [6.45, 7) is 1.78. The number of carbonyl (C=O) groups excluding carboxylic acids is 1. The highest BCUT2D eigenvalue weighted by Crippen LogP contribution is 2.28. The molecule has 1 amide bonds. The molecule has 0 radical (unpaired) electrons. The fourth-order valence-corrected chi connectivity index (χ4v) is 3.65. The van der Waals surface area contributed by atoms with Crippen LogP contribution in [-0.4, -0.2) is 31.6 Å². The third kappa shape index (κ3) is 4.40. The minimum atomic E-state index is -0.0257. The van der Waals surface area contributed by atoms with Crippen molar-refractivity contribution in [2.75, 3.05) is 20.8 Å². The van der Waals surface area contributed by atoms with Gasteiger partial charge in [-0.25, -0.2) is 0 Å². The highest BCUT2D eigenvalue weighted by Gasteiger charge is 2.23. The van der Waals surface area contributed by atoms with Gasteiger partial charge in [-0.05, 0) is 47.4 Å². The number of fused-ring (bicyclic) bond motifs is 1. The predicted molar refractivity (Wildman–Crippen MR) is 115 cm³/mol. The van der Waals surface area contributed by atoms with Gasteiger partial charge in [-0.3, -0.25) is 4.79 Å². The second kappa shape index (κ2) is 8.91. The molecule has 0 unspecified atom stereocenters. The first-order valence-electron chi connectivity index (χ1n) is 9.97. The summed E-state index contributed by atoms with van der Waals surface area (Å²) in [5.41, 5.74) is 4.09. The van der Waals surface area contributed by atoms with Crippen LogP contribution in [0.4, 0.5) is 0 Å². The van der Waals surface area contributed by atoms with Crippen LogP contribution in [0.15, 0.2) is 66.7 Å². The lowest BCUT2D eigenvalue weighted by Crippen LogP contribution is -2.36. The van der Waals surface area contributed by atoms with Crippen LogP contribution in [0, 0.1) is 0 Å². The Morgan fingerprint density at radius 2 is 1.60 bits per heavy atom. The number of benzene rings is 3. The fraction of sp³-hybridized carbons (Fsp3) is 0.240. The molecule has 0 saturated carbocycles. The van der Waals surface area contributed by atoms with Crippen molar-refractivity contribution in [1.29, 1.82) is 0 Å². The van der Waals surface area contributed by atoms with E-state index in [1.807, 2.05) is 29.2 Å². The number of rotatable bonds is 6. The third-order valence-electron chi connectivity index (χ3n) is 5.32. The molecule has 0 aromatic heterocycles. The quantitative estimate of drug-likeness (QED) is 0.609. The predicted octanol–water partition coefficient (Wildman–Crippen LogP) is 4.48. The van der Waals surface area contributed by atoms with Crippen molar-refractivity contribution >= 4 is 5.91 Å². The number of ether oxygens (including phenoxy) is 3. The van der Waals surface area contributed by atoms with Crippen molar-refractivity contribution in [3.63, 3.8) is 0 Å². The number of hydrogen-bond donors (Lipinski definition) is 0. The van der Waals surface area contributed by atoms with E-state index in [1.165, 1.54) is 5.56 Å². The lowest BCUT2D eigenvalue weighted by Gasteiger charge is -2.29. The largest absolute Gasteiger partial charge is 0.497 e. The summed E-state index contributed by atoms with van der Waals surface area (Å²) in [5, 5.41) is 0. The summed E-state index contributed by atoms with van der Waals surface area (Å²) in [7, 11) is 3.16. The lowest BCUT2D eigenvalue weighted by molar-refractivity contribution is 0.0734. The van der Waals surface area contributed by atoms with Gasteiger partial charge in [0, 0.05) is 24.7 Å². The minimum absolute atomic E-state index is 0.0257. The molecule has 1 aliphatic heterocycles. The van der Waals surface area contributed by atoms with Gasteiger partial charge in [0.25, 0.3) is 5.91 Å². The van der Waals surface area contributed by atoms with E-state index in [0.717, 1.165) is 23.3 Å². The molecule has 3 aromatic carbocycles. The molecule has 154 valence electrons. The summed E-state index contributed by atoms with van der Waals surface area (Å²) in [6.07, 6.45) is 0.796. The second-order valence-electron chi connectivity index (χ2n) is 7.28. The molecule has 0 aliphatic carbocycles. The average Bonchev–Trinajstić information content (AvgIpc) is 2.82. The topological polar surface area (TPSA) is 48.0 Å². The zero-order valence-corrected chi connectivity index (χ0v) is 17.3. The van der Waals surface area contributed by atoms with E-state index in [-0.39, 0.29) is 5.91 Å². The molecular formula is C25H25NO4. The molecule has 30 heavy (non-hydrogen) atoms. The van der Waals surface area contributed by atoms with E-state index in [4.69, 9.17) is 14.2 Å². The second-order valence-corrected chi connectivity index (χ2v) is 7.28.